The van der Waals surface area contributed by atoms with Crippen molar-refractivity contribution in [2.24, 2.45) is 0 Å². The molecule has 1 aromatic carbocycles. The summed E-state index contributed by atoms with van der Waals surface area (Å²) in [5, 5.41) is 0.453. The Balaban J connectivity index is 3.36. The minimum atomic E-state index is -1.87. The van der Waals surface area contributed by atoms with E-state index < -0.39 is 19.7 Å². The van der Waals surface area contributed by atoms with Gasteiger partial charge >= 0.3 is 0 Å². The average molecular weight is 263 g/mol. The molecule has 0 nitrogen and oxygen atoms in total. The third-order valence-corrected chi connectivity index (χ3v) is 9.52. The summed E-state index contributed by atoms with van der Waals surface area (Å²) in [5.41, 5.74) is 0. The van der Waals surface area contributed by atoms with Crippen molar-refractivity contribution in [3.8, 4) is 0 Å². The van der Waals surface area contributed by atoms with E-state index in [0.717, 1.165) is 18.1 Å². The highest BCUT2D eigenvalue weighted by Gasteiger charge is 2.33. The highest BCUT2D eigenvalue weighted by atomic mass is 35.5. The van der Waals surface area contributed by atoms with E-state index in [1.165, 1.54) is 6.07 Å². The Morgan fingerprint density at radius 1 is 1.00 bits per heavy atom. The molecule has 0 bridgehead atoms. The van der Waals surface area contributed by atoms with Gasteiger partial charge in [0.1, 0.15) is 0 Å². The lowest BCUT2D eigenvalue weighted by molar-refractivity contribution is 0.513. The SMILES string of the molecule is CC[Si](CC)(CC)c1ccc(Cl)c(F)c1F. The molecule has 0 atom stereocenters. The second-order valence-corrected chi connectivity index (χ2v) is 9.69. The first-order chi connectivity index (χ1) is 7.52. The molecule has 0 unspecified atom stereocenters. The minimum absolute atomic E-state index is 0.132. The van der Waals surface area contributed by atoms with Crippen LogP contribution in [0.4, 0.5) is 8.78 Å². The van der Waals surface area contributed by atoms with Crippen LogP contribution in [0, 0.1) is 11.6 Å². The third-order valence-electron chi connectivity index (χ3n) is 3.64. The van der Waals surface area contributed by atoms with Crippen molar-refractivity contribution in [1.82, 2.24) is 0 Å². The van der Waals surface area contributed by atoms with Crippen molar-refractivity contribution in [2.45, 2.75) is 38.9 Å². The summed E-state index contributed by atoms with van der Waals surface area (Å²) in [6.45, 7) is 6.18. The molecule has 4 heteroatoms. The predicted molar refractivity (Wildman–Crippen MR) is 68.2 cm³/mol. The Hall–Kier alpha value is -0.413. The van der Waals surface area contributed by atoms with Gasteiger partial charge in [0.25, 0.3) is 0 Å². The molecule has 1 aromatic rings. The molecule has 0 aliphatic rings. The molecule has 0 aromatic heterocycles. The van der Waals surface area contributed by atoms with Crippen molar-refractivity contribution in [2.75, 3.05) is 0 Å². The Bertz CT molecular complexity index is 367. The highest BCUT2D eigenvalue weighted by Crippen LogP contribution is 2.24. The summed E-state index contributed by atoms with van der Waals surface area (Å²) in [6, 6.07) is 5.93. The molecule has 0 radical (unpaired) electrons. The van der Waals surface area contributed by atoms with Gasteiger partial charge in [-0.3, -0.25) is 0 Å². The molecule has 16 heavy (non-hydrogen) atoms. The fourth-order valence-corrected chi connectivity index (χ4v) is 6.06. The largest absolute Gasteiger partial charge is 0.204 e. The van der Waals surface area contributed by atoms with Gasteiger partial charge in [0.2, 0.25) is 0 Å². The zero-order valence-corrected chi connectivity index (χ0v) is 11.7. The smallest absolute Gasteiger partial charge is 0.177 e. The van der Waals surface area contributed by atoms with Crippen LogP contribution in [0.3, 0.4) is 0 Å². The van der Waals surface area contributed by atoms with Crippen molar-refractivity contribution in [1.29, 1.82) is 0 Å². The molecule has 0 saturated heterocycles. The number of hydrogen-bond acceptors (Lipinski definition) is 0. The first kappa shape index (κ1) is 13.7. The van der Waals surface area contributed by atoms with Crippen molar-refractivity contribution < 1.29 is 8.78 Å². The summed E-state index contributed by atoms with van der Waals surface area (Å²) in [5.74, 6) is -1.63. The maximum absolute atomic E-state index is 13.9. The van der Waals surface area contributed by atoms with Crippen LogP contribution in [0.1, 0.15) is 20.8 Å². The Labute approximate surface area is 102 Å². The molecular formula is C12H17ClF2Si. The fraction of sp³-hybridized carbons (Fsp3) is 0.500. The summed E-state index contributed by atoms with van der Waals surface area (Å²) in [4.78, 5) is 0. The lowest BCUT2D eigenvalue weighted by Gasteiger charge is -2.29. The second-order valence-electron chi connectivity index (χ2n) is 4.06. The van der Waals surface area contributed by atoms with Gasteiger partial charge in [-0.1, -0.05) is 56.6 Å². The van der Waals surface area contributed by atoms with E-state index in [1.54, 1.807) is 6.07 Å². The van der Waals surface area contributed by atoms with Gasteiger partial charge in [0.15, 0.2) is 11.6 Å². The lowest BCUT2D eigenvalue weighted by atomic mass is 10.3. The maximum Gasteiger partial charge on any atom is 0.177 e. The van der Waals surface area contributed by atoms with Crippen molar-refractivity contribution >= 4 is 24.9 Å². The van der Waals surface area contributed by atoms with Crippen LogP contribution in [0.15, 0.2) is 12.1 Å². The first-order valence-electron chi connectivity index (χ1n) is 5.66. The summed E-state index contributed by atoms with van der Waals surface area (Å²) in [6.07, 6.45) is 0. The number of benzene rings is 1. The van der Waals surface area contributed by atoms with Gasteiger partial charge in [-0.05, 0) is 11.3 Å². The lowest BCUT2D eigenvalue weighted by Crippen LogP contribution is -2.47. The Morgan fingerprint density at radius 2 is 1.50 bits per heavy atom. The fourth-order valence-electron chi connectivity index (χ4n) is 2.26. The minimum Gasteiger partial charge on any atom is -0.204 e. The van der Waals surface area contributed by atoms with Crippen LogP contribution >= 0.6 is 11.6 Å². The molecule has 0 fully saturated rings. The Morgan fingerprint density at radius 3 is 1.94 bits per heavy atom. The van der Waals surface area contributed by atoms with Crippen LogP contribution in [-0.4, -0.2) is 8.07 Å². The van der Waals surface area contributed by atoms with Crippen LogP contribution in [0.2, 0.25) is 23.2 Å². The van der Waals surface area contributed by atoms with Crippen LogP contribution in [0.5, 0.6) is 0 Å². The molecule has 0 spiro atoms. The normalized spacial score (nSPS) is 11.9. The van der Waals surface area contributed by atoms with Crippen LogP contribution < -0.4 is 5.19 Å². The number of halogens is 3. The van der Waals surface area contributed by atoms with Gasteiger partial charge in [0.05, 0.1) is 13.1 Å². The van der Waals surface area contributed by atoms with E-state index >= 15 is 0 Å². The maximum atomic E-state index is 13.9. The zero-order chi connectivity index (χ0) is 12.3. The second kappa shape index (κ2) is 5.28. The van der Waals surface area contributed by atoms with E-state index in [9.17, 15) is 8.78 Å². The van der Waals surface area contributed by atoms with E-state index in [2.05, 4.69) is 20.8 Å². The predicted octanol–water partition coefficient (Wildman–Crippen LogP) is 4.33. The van der Waals surface area contributed by atoms with E-state index in [-0.39, 0.29) is 5.02 Å². The van der Waals surface area contributed by atoms with Crippen LogP contribution in [-0.2, 0) is 0 Å². The summed E-state index contributed by atoms with van der Waals surface area (Å²) >= 11 is 5.57. The monoisotopic (exact) mass is 262 g/mol. The molecule has 0 saturated carbocycles. The molecule has 90 valence electrons. The van der Waals surface area contributed by atoms with Gasteiger partial charge < -0.3 is 0 Å². The molecular weight excluding hydrogens is 246 g/mol. The van der Waals surface area contributed by atoms with E-state index in [4.69, 9.17) is 11.6 Å². The van der Waals surface area contributed by atoms with Crippen molar-refractivity contribution in [3.63, 3.8) is 0 Å². The van der Waals surface area contributed by atoms with Gasteiger partial charge in [-0.25, -0.2) is 8.78 Å². The highest BCUT2D eigenvalue weighted by molar-refractivity contribution is 6.91. The topological polar surface area (TPSA) is 0 Å². The quantitative estimate of drug-likeness (QED) is 0.560. The third kappa shape index (κ3) is 2.16. The zero-order valence-electron chi connectivity index (χ0n) is 9.91. The number of rotatable bonds is 4. The molecule has 0 amide bonds. The van der Waals surface area contributed by atoms with Crippen LogP contribution in [0.25, 0.3) is 0 Å². The molecule has 0 aliphatic carbocycles. The molecule has 0 N–H and O–H groups in total. The average Bonchev–Trinajstić information content (AvgIpc) is 2.31. The first-order valence-corrected chi connectivity index (χ1v) is 8.66. The molecule has 0 heterocycles. The Kier molecular flexibility index (Phi) is 4.50. The standard InChI is InChI=1S/C12H17ClF2Si/c1-4-16(5-2,6-3)10-8-7-9(13)11(14)12(10)15/h7-8H,4-6H2,1-3H3. The van der Waals surface area contributed by atoms with Gasteiger partial charge in [-0.15, -0.1) is 0 Å². The van der Waals surface area contributed by atoms with Crippen molar-refractivity contribution in [3.05, 3.63) is 28.8 Å². The van der Waals surface area contributed by atoms with Gasteiger partial charge in [0, 0.05) is 0 Å². The summed E-state index contributed by atoms with van der Waals surface area (Å²) < 4.78 is 27.3. The molecule has 1 rings (SSSR count). The van der Waals surface area contributed by atoms with E-state index in [0.29, 0.717) is 5.19 Å². The van der Waals surface area contributed by atoms with Gasteiger partial charge in [-0.2, -0.15) is 0 Å². The van der Waals surface area contributed by atoms with E-state index in [1.807, 2.05) is 0 Å². The molecule has 0 aliphatic heterocycles. The summed E-state index contributed by atoms with van der Waals surface area (Å²) in [7, 11) is -1.87. The number of hydrogen-bond donors (Lipinski definition) is 0.